The van der Waals surface area contributed by atoms with Gasteiger partial charge in [0.15, 0.2) is 0 Å². The first-order chi connectivity index (χ1) is 10.8. The summed E-state index contributed by atoms with van der Waals surface area (Å²) < 4.78 is 1.05. The van der Waals surface area contributed by atoms with Crippen molar-refractivity contribution in [1.29, 1.82) is 0 Å². The first-order valence-corrected chi connectivity index (χ1v) is 8.99. The molecule has 2 saturated heterocycles. The Kier molecular flexibility index (Phi) is 4.55. The van der Waals surface area contributed by atoms with Crippen LogP contribution >= 0.6 is 15.9 Å². The summed E-state index contributed by atoms with van der Waals surface area (Å²) in [5.41, 5.74) is 0.818. The number of likely N-dealkylation sites (tertiary alicyclic amines) is 1. The largest absolute Gasteiger partial charge is 0.335 e. The van der Waals surface area contributed by atoms with Gasteiger partial charge in [-0.1, -0.05) is 48.8 Å². The normalized spacial score (nSPS) is 28.7. The lowest BCUT2D eigenvalue weighted by Crippen LogP contribution is -2.52. The number of halogens is 1. The van der Waals surface area contributed by atoms with E-state index in [1.165, 1.54) is 5.56 Å². The van der Waals surface area contributed by atoms with Gasteiger partial charge in [-0.2, -0.15) is 5.06 Å². The Balaban J connectivity index is 1.95. The van der Waals surface area contributed by atoms with Crippen LogP contribution in [0, 0.1) is 11.3 Å². The van der Waals surface area contributed by atoms with E-state index in [9.17, 15) is 4.79 Å². The Morgan fingerprint density at radius 3 is 2.74 bits per heavy atom. The van der Waals surface area contributed by atoms with Crippen molar-refractivity contribution in [1.82, 2.24) is 9.96 Å². The first kappa shape index (κ1) is 16.9. The number of rotatable bonds is 1. The van der Waals surface area contributed by atoms with Gasteiger partial charge in [0.2, 0.25) is 5.91 Å². The number of hydrogen-bond acceptors (Lipinski definition) is 3. The predicted octanol–water partition coefficient (Wildman–Crippen LogP) is 3.63. The van der Waals surface area contributed by atoms with E-state index in [0.717, 1.165) is 17.4 Å². The standard InChI is InChI=1S/C18H25BrN2O2/c1-18(2,3)17(22)21-10-13-11-23-20(4)15(13)9-16(21)12-6-5-7-14(19)8-12/h5-8,13,15-16H,9-11H2,1-4H3/t13-,15-,16-/m0/s1. The van der Waals surface area contributed by atoms with Crippen molar-refractivity contribution in [2.45, 2.75) is 39.3 Å². The quantitative estimate of drug-likeness (QED) is 0.745. The Morgan fingerprint density at radius 1 is 1.35 bits per heavy atom. The lowest BCUT2D eigenvalue weighted by atomic mass is 9.83. The van der Waals surface area contributed by atoms with E-state index in [1.54, 1.807) is 0 Å². The van der Waals surface area contributed by atoms with Crippen LogP contribution in [0.15, 0.2) is 28.7 Å². The van der Waals surface area contributed by atoms with E-state index < -0.39 is 0 Å². The number of fused-ring (bicyclic) bond motifs is 1. The van der Waals surface area contributed by atoms with Gasteiger partial charge in [0.1, 0.15) is 0 Å². The van der Waals surface area contributed by atoms with Gasteiger partial charge in [0, 0.05) is 35.4 Å². The molecule has 2 heterocycles. The third-order valence-corrected chi connectivity index (χ3v) is 5.40. The summed E-state index contributed by atoms with van der Waals surface area (Å²) in [5, 5.41) is 1.98. The fourth-order valence-corrected chi connectivity index (χ4v) is 4.07. The molecule has 2 fully saturated rings. The lowest BCUT2D eigenvalue weighted by molar-refractivity contribution is -0.147. The van der Waals surface area contributed by atoms with E-state index in [-0.39, 0.29) is 17.4 Å². The number of amides is 1. The van der Waals surface area contributed by atoms with Gasteiger partial charge < -0.3 is 4.90 Å². The minimum Gasteiger partial charge on any atom is -0.335 e. The van der Waals surface area contributed by atoms with Gasteiger partial charge in [0.05, 0.1) is 12.6 Å². The highest BCUT2D eigenvalue weighted by atomic mass is 79.9. The molecule has 0 radical (unpaired) electrons. The molecule has 5 heteroatoms. The molecule has 0 spiro atoms. The number of nitrogens with zero attached hydrogens (tertiary/aromatic N) is 2. The van der Waals surface area contributed by atoms with Crippen LogP contribution in [0.3, 0.4) is 0 Å². The van der Waals surface area contributed by atoms with Crippen molar-refractivity contribution in [3.05, 3.63) is 34.3 Å². The molecule has 3 rings (SSSR count). The minimum absolute atomic E-state index is 0.102. The van der Waals surface area contributed by atoms with Crippen molar-refractivity contribution in [3.63, 3.8) is 0 Å². The molecular weight excluding hydrogens is 356 g/mol. The second kappa shape index (κ2) is 6.19. The van der Waals surface area contributed by atoms with Crippen molar-refractivity contribution in [2.75, 3.05) is 20.2 Å². The second-order valence-electron chi connectivity index (χ2n) is 7.68. The summed E-state index contributed by atoms with van der Waals surface area (Å²) in [6, 6.07) is 8.79. The Hall–Kier alpha value is -0.910. The van der Waals surface area contributed by atoms with Gasteiger partial charge in [-0.25, -0.2) is 0 Å². The zero-order chi connectivity index (χ0) is 16.8. The molecule has 2 aliphatic heterocycles. The van der Waals surface area contributed by atoms with Gasteiger partial charge in [-0.15, -0.1) is 0 Å². The number of hydroxylamine groups is 2. The number of benzene rings is 1. The van der Waals surface area contributed by atoms with E-state index in [0.29, 0.717) is 18.6 Å². The van der Waals surface area contributed by atoms with Crippen molar-refractivity contribution >= 4 is 21.8 Å². The molecule has 0 saturated carbocycles. The maximum absolute atomic E-state index is 13.0. The van der Waals surface area contributed by atoms with Gasteiger partial charge in [-0.3, -0.25) is 9.63 Å². The number of hydrogen-bond donors (Lipinski definition) is 0. The molecule has 1 amide bonds. The highest BCUT2D eigenvalue weighted by molar-refractivity contribution is 9.10. The summed E-state index contributed by atoms with van der Waals surface area (Å²) in [6.07, 6.45) is 0.916. The van der Waals surface area contributed by atoms with Crippen molar-refractivity contribution in [3.8, 4) is 0 Å². The Bertz CT molecular complexity index is 599. The van der Waals surface area contributed by atoms with Gasteiger partial charge >= 0.3 is 0 Å². The highest BCUT2D eigenvalue weighted by Crippen LogP contribution is 2.40. The van der Waals surface area contributed by atoms with Crippen LogP contribution in [0.1, 0.15) is 38.8 Å². The molecule has 1 aromatic rings. The molecule has 0 bridgehead atoms. The molecule has 0 aromatic heterocycles. The van der Waals surface area contributed by atoms with Crippen LogP contribution in [-0.4, -0.2) is 42.1 Å². The van der Waals surface area contributed by atoms with E-state index >= 15 is 0 Å². The fourth-order valence-electron chi connectivity index (χ4n) is 3.65. The summed E-state index contributed by atoms with van der Waals surface area (Å²) in [4.78, 5) is 20.8. The monoisotopic (exact) mass is 380 g/mol. The SMILES string of the molecule is CN1OC[C@@H]2CN(C(=O)C(C)(C)C)[C@H](c3cccc(Br)c3)C[C@@H]21. The second-order valence-corrected chi connectivity index (χ2v) is 8.60. The zero-order valence-corrected chi connectivity index (χ0v) is 15.8. The molecule has 4 nitrogen and oxygen atoms in total. The lowest BCUT2D eigenvalue weighted by Gasteiger charge is -2.44. The van der Waals surface area contributed by atoms with Crippen LogP contribution in [0.2, 0.25) is 0 Å². The van der Waals surface area contributed by atoms with Crippen LogP contribution in [0.5, 0.6) is 0 Å². The highest BCUT2D eigenvalue weighted by Gasteiger charge is 2.45. The molecule has 0 unspecified atom stereocenters. The molecule has 0 N–H and O–H groups in total. The topological polar surface area (TPSA) is 32.8 Å². The molecule has 3 atom stereocenters. The maximum atomic E-state index is 13.0. The van der Waals surface area contributed by atoms with E-state index in [1.807, 2.05) is 45.0 Å². The molecule has 126 valence electrons. The van der Waals surface area contributed by atoms with Gasteiger partial charge in [-0.05, 0) is 24.1 Å². The van der Waals surface area contributed by atoms with Crippen molar-refractivity contribution < 1.29 is 9.63 Å². The molecule has 23 heavy (non-hydrogen) atoms. The third kappa shape index (κ3) is 3.32. The summed E-state index contributed by atoms with van der Waals surface area (Å²) >= 11 is 3.55. The summed E-state index contributed by atoms with van der Waals surface area (Å²) in [6.45, 7) is 7.46. The molecule has 1 aromatic carbocycles. The number of piperidine rings is 1. The zero-order valence-electron chi connectivity index (χ0n) is 14.3. The molecule has 2 aliphatic rings. The van der Waals surface area contributed by atoms with Crippen LogP contribution < -0.4 is 0 Å². The first-order valence-electron chi connectivity index (χ1n) is 8.19. The average molecular weight is 381 g/mol. The van der Waals surface area contributed by atoms with Crippen molar-refractivity contribution in [2.24, 2.45) is 11.3 Å². The van der Waals surface area contributed by atoms with E-state index in [2.05, 4.69) is 33.0 Å². The van der Waals surface area contributed by atoms with Gasteiger partial charge in [0.25, 0.3) is 0 Å². The number of carbonyl (C=O) groups excluding carboxylic acids is 1. The average Bonchev–Trinajstić information content (AvgIpc) is 2.85. The summed E-state index contributed by atoms with van der Waals surface area (Å²) in [5.74, 6) is 0.616. The number of carbonyl (C=O) groups is 1. The van der Waals surface area contributed by atoms with E-state index in [4.69, 9.17) is 4.84 Å². The maximum Gasteiger partial charge on any atom is 0.228 e. The fraction of sp³-hybridized carbons (Fsp3) is 0.611. The third-order valence-electron chi connectivity index (χ3n) is 4.91. The Morgan fingerprint density at radius 2 is 2.09 bits per heavy atom. The predicted molar refractivity (Wildman–Crippen MR) is 93.7 cm³/mol. The summed E-state index contributed by atoms with van der Waals surface area (Å²) in [7, 11) is 2.00. The smallest absolute Gasteiger partial charge is 0.228 e. The van der Waals surface area contributed by atoms with Crippen LogP contribution in [0.25, 0.3) is 0 Å². The van der Waals surface area contributed by atoms with Crippen LogP contribution in [-0.2, 0) is 9.63 Å². The molecule has 0 aliphatic carbocycles. The molecular formula is C18H25BrN2O2. The minimum atomic E-state index is -0.373. The van der Waals surface area contributed by atoms with Crippen LogP contribution in [0.4, 0.5) is 0 Å². The Labute approximate surface area is 146 Å².